The Bertz CT molecular complexity index is 798. The van der Waals surface area contributed by atoms with E-state index in [0.29, 0.717) is 23.7 Å². The van der Waals surface area contributed by atoms with E-state index in [-0.39, 0.29) is 48.4 Å². The molecule has 0 spiro atoms. The molecule has 1 aromatic carbocycles. The van der Waals surface area contributed by atoms with E-state index in [1.807, 2.05) is 6.92 Å². The van der Waals surface area contributed by atoms with Gasteiger partial charge in [0.1, 0.15) is 10.7 Å². The van der Waals surface area contributed by atoms with Crippen LogP contribution in [-0.2, 0) is 6.18 Å². The summed E-state index contributed by atoms with van der Waals surface area (Å²) in [5, 5.41) is 2.01. The Morgan fingerprint density at radius 3 is 2.71 bits per heavy atom. The van der Waals surface area contributed by atoms with Crippen molar-refractivity contribution in [3.8, 4) is 10.6 Å². The number of aromatic nitrogens is 1. The van der Waals surface area contributed by atoms with Gasteiger partial charge in [0.2, 0.25) is 0 Å². The van der Waals surface area contributed by atoms with Crippen molar-refractivity contribution in [2.24, 2.45) is 11.7 Å². The molecule has 1 aliphatic heterocycles. The molecule has 28 heavy (non-hydrogen) atoms. The highest BCUT2D eigenvalue weighted by molar-refractivity contribution is 7.13. The molecule has 1 fully saturated rings. The molecule has 0 radical (unpaired) electrons. The molecule has 2 N–H and O–H groups in total. The molecule has 0 aliphatic carbocycles. The number of nitrogens with two attached hydrogens (primary N) is 1. The van der Waals surface area contributed by atoms with Crippen molar-refractivity contribution in [3.63, 3.8) is 0 Å². The van der Waals surface area contributed by atoms with Crippen LogP contribution in [0.1, 0.15) is 35.8 Å². The highest BCUT2D eigenvalue weighted by Crippen LogP contribution is 2.33. The maximum atomic E-state index is 12.9. The standard InChI is InChI=1S/C18H20F3N3OS.2ClH/c1-11(22)13-5-3-7-24(9-13)17(25)15-10-26-16(23-15)12-4-2-6-14(8-12)18(19,20)21;;/h2,4,6,8,10-11,13H,3,5,7,9,22H2,1H3;2*1H. The summed E-state index contributed by atoms with van der Waals surface area (Å²) in [6, 6.07) is 5.00. The summed E-state index contributed by atoms with van der Waals surface area (Å²) in [4.78, 5) is 18.7. The molecule has 2 unspecified atom stereocenters. The van der Waals surface area contributed by atoms with Gasteiger partial charge in [0.25, 0.3) is 5.91 Å². The number of hydrogen-bond donors (Lipinski definition) is 1. The maximum absolute atomic E-state index is 12.9. The van der Waals surface area contributed by atoms with Crippen molar-refractivity contribution in [2.45, 2.75) is 32.0 Å². The summed E-state index contributed by atoms with van der Waals surface area (Å²) in [6.07, 6.45) is -2.52. The number of piperidine rings is 1. The largest absolute Gasteiger partial charge is 0.416 e. The van der Waals surface area contributed by atoms with Gasteiger partial charge in [-0.3, -0.25) is 4.79 Å². The summed E-state index contributed by atoms with van der Waals surface area (Å²) < 4.78 is 38.6. The predicted octanol–water partition coefficient (Wildman–Crippen LogP) is 4.87. The summed E-state index contributed by atoms with van der Waals surface area (Å²) in [5.41, 5.74) is 5.85. The van der Waals surface area contributed by atoms with Crippen LogP contribution in [0.3, 0.4) is 0 Å². The van der Waals surface area contributed by atoms with Crippen LogP contribution in [0.15, 0.2) is 29.6 Å². The van der Waals surface area contributed by atoms with Crippen LogP contribution < -0.4 is 5.73 Å². The van der Waals surface area contributed by atoms with Gasteiger partial charge in [-0.1, -0.05) is 12.1 Å². The van der Waals surface area contributed by atoms with E-state index in [1.54, 1.807) is 16.3 Å². The predicted molar refractivity (Wildman–Crippen MR) is 109 cm³/mol. The molecule has 2 heterocycles. The number of amides is 1. The zero-order valence-corrected chi connectivity index (χ0v) is 17.6. The normalized spacial score (nSPS) is 18.0. The molecule has 1 aromatic heterocycles. The zero-order valence-electron chi connectivity index (χ0n) is 15.1. The minimum Gasteiger partial charge on any atom is -0.337 e. The summed E-state index contributed by atoms with van der Waals surface area (Å²) in [6.45, 7) is 3.18. The number of hydrogen-bond acceptors (Lipinski definition) is 4. The molecule has 3 rings (SSSR count). The van der Waals surface area contributed by atoms with Gasteiger partial charge in [0.15, 0.2) is 0 Å². The third kappa shape index (κ3) is 5.59. The molecule has 0 bridgehead atoms. The highest BCUT2D eigenvalue weighted by Gasteiger charge is 2.31. The Kier molecular flexibility index (Phi) is 8.74. The van der Waals surface area contributed by atoms with Gasteiger partial charge < -0.3 is 10.6 Å². The Hall–Kier alpha value is -1.35. The first-order valence-electron chi connectivity index (χ1n) is 8.43. The van der Waals surface area contributed by atoms with E-state index in [4.69, 9.17) is 5.73 Å². The third-order valence-electron chi connectivity index (χ3n) is 4.65. The topological polar surface area (TPSA) is 59.2 Å². The Morgan fingerprint density at radius 2 is 2.07 bits per heavy atom. The molecule has 0 saturated carbocycles. The third-order valence-corrected chi connectivity index (χ3v) is 5.54. The van der Waals surface area contributed by atoms with Crippen LogP contribution >= 0.6 is 36.2 Å². The SMILES string of the molecule is CC(N)C1CCCN(C(=O)c2csc(-c3cccc(C(F)(F)F)c3)n2)C1.Cl.Cl. The molecule has 1 aliphatic rings. The van der Waals surface area contributed by atoms with Crippen molar-refractivity contribution in [1.82, 2.24) is 9.88 Å². The lowest BCUT2D eigenvalue weighted by Gasteiger charge is -2.34. The van der Waals surface area contributed by atoms with Crippen LogP contribution in [0.25, 0.3) is 10.6 Å². The minimum absolute atomic E-state index is 0. The fourth-order valence-electron chi connectivity index (χ4n) is 3.12. The zero-order chi connectivity index (χ0) is 18.9. The van der Waals surface area contributed by atoms with Gasteiger partial charge in [0.05, 0.1) is 5.56 Å². The first-order valence-corrected chi connectivity index (χ1v) is 9.31. The van der Waals surface area contributed by atoms with E-state index < -0.39 is 11.7 Å². The Balaban J connectivity index is 0.00000196. The van der Waals surface area contributed by atoms with Crippen LogP contribution in [-0.4, -0.2) is 34.9 Å². The van der Waals surface area contributed by atoms with E-state index in [1.165, 1.54) is 17.4 Å². The Labute approximate surface area is 178 Å². The molecule has 1 amide bonds. The fraction of sp³-hybridized carbons (Fsp3) is 0.444. The lowest BCUT2D eigenvalue weighted by molar-refractivity contribution is -0.137. The molecule has 10 heteroatoms. The van der Waals surface area contributed by atoms with E-state index in [0.717, 1.165) is 25.0 Å². The highest BCUT2D eigenvalue weighted by atomic mass is 35.5. The second-order valence-corrected chi connectivity index (χ2v) is 7.49. The molecule has 156 valence electrons. The Morgan fingerprint density at radius 1 is 1.36 bits per heavy atom. The van der Waals surface area contributed by atoms with Crippen molar-refractivity contribution in [1.29, 1.82) is 0 Å². The lowest BCUT2D eigenvalue weighted by Crippen LogP contribution is -2.45. The number of alkyl halides is 3. The average molecular weight is 456 g/mol. The maximum Gasteiger partial charge on any atom is 0.416 e. The van der Waals surface area contributed by atoms with Gasteiger partial charge in [-0.05, 0) is 37.8 Å². The number of halogens is 5. The van der Waals surface area contributed by atoms with Crippen molar-refractivity contribution < 1.29 is 18.0 Å². The summed E-state index contributed by atoms with van der Waals surface area (Å²) in [7, 11) is 0. The monoisotopic (exact) mass is 455 g/mol. The van der Waals surface area contributed by atoms with Crippen LogP contribution in [0.2, 0.25) is 0 Å². The van der Waals surface area contributed by atoms with Crippen LogP contribution in [0.5, 0.6) is 0 Å². The molecular weight excluding hydrogens is 434 g/mol. The van der Waals surface area contributed by atoms with E-state index >= 15 is 0 Å². The van der Waals surface area contributed by atoms with Gasteiger partial charge in [-0.15, -0.1) is 36.2 Å². The second kappa shape index (κ2) is 9.91. The molecule has 4 nitrogen and oxygen atoms in total. The van der Waals surface area contributed by atoms with Crippen LogP contribution in [0.4, 0.5) is 13.2 Å². The smallest absolute Gasteiger partial charge is 0.337 e. The van der Waals surface area contributed by atoms with E-state index in [2.05, 4.69) is 4.98 Å². The number of rotatable bonds is 3. The van der Waals surface area contributed by atoms with Gasteiger partial charge >= 0.3 is 6.18 Å². The molecule has 2 aromatic rings. The summed E-state index contributed by atoms with van der Waals surface area (Å²) >= 11 is 1.17. The van der Waals surface area contributed by atoms with Crippen molar-refractivity contribution in [2.75, 3.05) is 13.1 Å². The molecule has 2 atom stereocenters. The van der Waals surface area contributed by atoms with Gasteiger partial charge in [-0.25, -0.2) is 4.98 Å². The molecule has 1 saturated heterocycles. The lowest BCUT2D eigenvalue weighted by atomic mass is 9.92. The summed E-state index contributed by atoms with van der Waals surface area (Å²) in [5.74, 6) is 0.0686. The quantitative estimate of drug-likeness (QED) is 0.717. The van der Waals surface area contributed by atoms with Gasteiger partial charge in [0, 0.05) is 30.1 Å². The van der Waals surface area contributed by atoms with Crippen LogP contribution in [0, 0.1) is 5.92 Å². The average Bonchev–Trinajstić information content (AvgIpc) is 3.10. The van der Waals surface area contributed by atoms with Crippen molar-refractivity contribution in [3.05, 3.63) is 40.9 Å². The number of likely N-dealkylation sites (tertiary alicyclic amines) is 1. The van der Waals surface area contributed by atoms with Crippen molar-refractivity contribution >= 4 is 42.1 Å². The number of carbonyl (C=O) groups excluding carboxylic acids is 1. The number of thiazole rings is 1. The number of nitrogens with zero attached hydrogens (tertiary/aromatic N) is 2. The molecular formula is C18H22Cl2F3N3OS. The first-order chi connectivity index (χ1) is 12.3. The minimum atomic E-state index is -4.41. The van der Waals surface area contributed by atoms with Gasteiger partial charge in [-0.2, -0.15) is 13.2 Å². The fourth-order valence-corrected chi connectivity index (χ4v) is 3.91. The van der Waals surface area contributed by atoms with E-state index in [9.17, 15) is 18.0 Å². The number of carbonyl (C=O) groups is 1. The first kappa shape index (κ1) is 24.7. The number of benzene rings is 1. The second-order valence-electron chi connectivity index (χ2n) is 6.63.